The third-order valence-electron chi connectivity index (χ3n) is 3.33. The van der Waals surface area contributed by atoms with Gasteiger partial charge >= 0.3 is 5.97 Å². The van der Waals surface area contributed by atoms with Crippen molar-refractivity contribution in [3.63, 3.8) is 0 Å². The molecule has 1 atom stereocenters. The van der Waals surface area contributed by atoms with Crippen molar-refractivity contribution < 1.29 is 14.6 Å². The first-order chi connectivity index (χ1) is 9.35. The highest BCUT2D eigenvalue weighted by Crippen LogP contribution is 2.45. The van der Waals surface area contributed by atoms with Crippen LogP contribution in [0.15, 0.2) is 24.3 Å². The second kappa shape index (κ2) is 5.88. The van der Waals surface area contributed by atoms with Crippen LogP contribution in [0.2, 0.25) is 0 Å². The molecule has 0 aliphatic rings. The van der Waals surface area contributed by atoms with Gasteiger partial charge in [-0.2, -0.15) is 0 Å². The molecule has 1 aromatic rings. The predicted octanol–water partition coefficient (Wildman–Crippen LogP) is 4.76. The maximum Gasteiger partial charge on any atom is 0.333 e. The second-order valence-corrected chi connectivity index (χ2v) is 8.32. The number of ether oxygens (including phenoxy) is 1. The maximum atomic E-state index is 12.6. The minimum absolute atomic E-state index is 0.108. The van der Waals surface area contributed by atoms with Crippen molar-refractivity contribution in [2.75, 3.05) is 0 Å². The van der Waals surface area contributed by atoms with Gasteiger partial charge in [0.2, 0.25) is 0 Å². The normalized spacial score (nSPS) is 15.4. The Labute approximate surface area is 132 Å². The van der Waals surface area contributed by atoms with E-state index in [9.17, 15) is 9.90 Å². The third kappa shape index (κ3) is 4.63. The number of carbonyl (C=O) groups excluding carboxylic acids is 1. The molecule has 0 heterocycles. The topological polar surface area (TPSA) is 46.5 Å². The fourth-order valence-corrected chi connectivity index (χ4v) is 2.52. The fraction of sp³-hybridized carbons (Fsp3) is 0.588. The Balaban J connectivity index is 3.04. The van der Waals surface area contributed by atoms with Crippen LogP contribution in [0.1, 0.15) is 48.0 Å². The summed E-state index contributed by atoms with van der Waals surface area (Å²) in [4.78, 5) is 11.5. The molecule has 1 aromatic carbocycles. The van der Waals surface area contributed by atoms with Crippen LogP contribution in [0.25, 0.3) is 0 Å². The predicted molar refractivity (Wildman–Crippen MR) is 85.9 cm³/mol. The maximum absolute atomic E-state index is 12.6. The van der Waals surface area contributed by atoms with Crippen LogP contribution >= 0.6 is 11.6 Å². The molecule has 0 amide bonds. The zero-order valence-electron chi connectivity index (χ0n) is 13.7. The Kier molecular flexibility index (Phi) is 4.99. The Morgan fingerprint density at radius 1 is 1.10 bits per heavy atom. The van der Waals surface area contributed by atoms with Gasteiger partial charge in [-0.05, 0) is 41.5 Å². The van der Waals surface area contributed by atoms with E-state index in [1.807, 2.05) is 41.5 Å². The summed E-state index contributed by atoms with van der Waals surface area (Å²) in [5.74, 6) is 0.0377. The van der Waals surface area contributed by atoms with E-state index in [0.717, 1.165) is 0 Å². The molecule has 0 radical (unpaired) electrons. The van der Waals surface area contributed by atoms with Gasteiger partial charge < -0.3 is 9.84 Å². The lowest BCUT2D eigenvalue weighted by atomic mass is 9.71. The lowest BCUT2D eigenvalue weighted by molar-refractivity contribution is -0.141. The Morgan fingerprint density at radius 3 is 1.95 bits per heavy atom. The first kappa shape index (κ1) is 17.8. The first-order valence-corrected chi connectivity index (χ1v) is 7.43. The van der Waals surface area contributed by atoms with Crippen LogP contribution in [0.4, 0.5) is 0 Å². The molecule has 0 saturated carbocycles. The second-order valence-electron chi connectivity index (χ2n) is 7.67. The van der Waals surface area contributed by atoms with Gasteiger partial charge in [0.1, 0.15) is 16.4 Å². The summed E-state index contributed by atoms with van der Waals surface area (Å²) in [6, 6.07) is 6.04. The van der Waals surface area contributed by atoms with Crippen molar-refractivity contribution in [1.29, 1.82) is 0 Å². The van der Waals surface area contributed by atoms with Crippen LogP contribution in [0, 0.1) is 10.8 Å². The molecule has 0 fully saturated rings. The van der Waals surface area contributed by atoms with Crippen LogP contribution in [0.5, 0.6) is 11.5 Å². The molecule has 0 spiro atoms. The fourth-order valence-electron chi connectivity index (χ4n) is 2.08. The van der Waals surface area contributed by atoms with Gasteiger partial charge in [0.15, 0.2) is 0 Å². The molecular weight excluding hydrogens is 288 g/mol. The SMILES string of the molecule is CC(C)(C)CC(Cl)(C(=O)Oc1ccc(O)cc1)C(C)(C)C. The van der Waals surface area contributed by atoms with Gasteiger partial charge in [-0.15, -0.1) is 11.6 Å². The van der Waals surface area contributed by atoms with Crippen molar-refractivity contribution >= 4 is 17.6 Å². The Morgan fingerprint density at radius 2 is 1.57 bits per heavy atom. The number of hydrogen-bond donors (Lipinski definition) is 1. The van der Waals surface area contributed by atoms with E-state index >= 15 is 0 Å². The van der Waals surface area contributed by atoms with Gasteiger partial charge in [-0.3, -0.25) is 0 Å². The minimum atomic E-state index is -1.12. The summed E-state index contributed by atoms with van der Waals surface area (Å²) in [5, 5.41) is 9.27. The summed E-state index contributed by atoms with van der Waals surface area (Å²) in [6.45, 7) is 11.9. The smallest absolute Gasteiger partial charge is 0.333 e. The summed E-state index contributed by atoms with van der Waals surface area (Å²) >= 11 is 6.71. The molecule has 4 heteroatoms. The quantitative estimate of drug-likeness (QED) is 0.497. The van der Waals surface area contributed by atoms with E-state index in [-0.39, 0.29) is 11.2 Å². The average Bonchev–Trinajstić information content (AvgIpc) is 2.28. The molecule has 1 rings (SSSR count). The van der Waals surface area contributed by atoms with Gasteiger partial charge in [0.05, 0.1) is 0 Å². The van der Waals surface area contributed by atoms with E-state index in [1.54, 1.807) is 12.1 Å². The average molecular weight is 313 g/mol. The van der Waals surface area contributed by atoms with E-state index in [2.05, 4.69) is 0 Å². The number of aromatic hydroxyl groups is 1. The molecule has 0 aromatic heterocycles. The van der Waals surface area contributed by atoms with Crippen molar-refractivity contribution in [2.45, 2.75) is 52.8 Å². The molecule has 118 valence electrons. The van der Waals surface area contributed by atoms with Crippen molar-refractivity contribution in [1.82, 2.24) is 0 Å². The van der Waals surface area contributed by atoms with Crippen LogP contribution in [0.3, 0.4) is 0 Å². The standard InChI is InChI=1S/C17H25ClO3/c1-15(2,3)11-17(18,16(4,5)6)14(20)21-13-9-7-12(19)8-10-13/h7-10,19H,11H2,1-6H3. The molecule has 0 bridgehead atoms. The van der Waals surface area contributed by atoms with Crippen molar-refractivity contribution in [2.24, 2.45) is 10.8 Å². The van der Waals surface area contributed by atoms with Crippen molar-refractivity contribution in [3.05, 3.63) is 24.3 Å². The molecule has 1 unspecified atom stereocenters. The first-order valence-electron chi connectivity index (χ1n) is 7.05. The Bertz CT molecular complexity index is 494. The Hall–Kier alpha value is -1.22. The van der Waals surface area contributed by atoms with Gasteiger partial charge in [-0.1, -0.05) is 41.5 Å². The molecule has 0 saturated heterocycles. The number of phenolic OH excluding ortho intramolecular Hbond substituents is 1. The van der Waals surface area contributed by atoms with E-state index in [0.29, 0.717) is 12.2 Å². The van der Waals surface area contributed by atoms with Gasteiger partial charge in [0, 0.05) is 0 Å². The highest BCUT2D eigenvalue weighted by molar-refractivity contribution is 6.34. The van der Waals surface area contributed by atoms with Crippen LogP contribution in [-0.2, 0) is 4.79 Å². The molecule has 1 N–H and O–H groups in total. The highest BCUT2D eigenvalue weighted by Gasteiger charge is 2.50. The van der Waals surface area contributed by atoms with Crippen molar-refractivity contribution in [3.8, 4) is 11.5 Å². The van der Waals surface area contributed by atoms with Crippen LogP contribution < -0.4 is 4.74 Å². The van der Waals surface area contributed by atoms with E-state index < -0.39 is 16.3 Å². The number of rotatable bonds is 3. The molecule has 3 nitrogen and oxygen atoms in total. The van der Waals surface area contributed by atoms with E-state index in [1.165, 1.54) is 12.1 Å². The molecule has 0 aliphatic carbocycles. The molecule has 0 aliphatic heterocycles. The number of halogens is 1. The van der Waals surface area contributed by atoms with Crippen LogP contribution in [-0.4, -0.2) is 16.0 Å². The van der Waals surface area contributed by atoms with E-state index in [4.69, 9.17) is 16.3 Å². The highest BCUT2D eigenvalue weighted by atomic mass is 35.5. The zero-order chi connectivity index (χ0) is 16.5. The largest absolute Gasteiger partial charge is 0.508 e. The minimum Gasteiger partial charge on any atom is -0.508 e. The summed E-state index contributed by atoms with van der Waals surface area (Å²) in [5.41, 5.74) is -0.557. The number of carbonyl (C=O) groups is 1. The summed E-state index contributed by atoms with van der Waals surface area (Å²) in [6.07, 6.45) is 0.502. The monoisotopic (exact) mass is 312 g/mol. The number of esters is 1. The number of alkyl halides is 1. The van der Waals surface area contributed by atoms with Gasteiger partial charge in [-0.25, -0.2) is 4.79 Å². The molecular formula is C17H25ClO3. The third-order valence-corrected chi connectivity index (χ3v) is 4.19. The summed E-state index contributed by atoms with van der Waals surface area (Å²) in [7, 11) is 0. The number of phenols is 1. The number of benzene rings is 1. The lowest BCUT2D eigenvalue weighted by Gasteiger charge is -2.41. The summed E-state index contributed by atoms with van der Waals surface area (Å²) < 4.78 is 5.42. The molecule has 21 heavy (non-hydrogen) atoms. The lowest BCUT2D eigenvalue weighted by Crippen LogP contribution is -2.49. The number of hydrogen-bond acceptors (Lipinski definition) is 3. The van der Waals surface area contributed by atoms with Gasteiger partial charge in [0.25, 0.3) is 0 Å². The zero-order valence-corrected chi connectivity index (χ0v) is 14.4.